The normalized spacial score (nSPS) is 16.3. The number of carbonyl (C=O) groups is 1. The summed E-state index contributed by atoms with van der Waals surface area (Å²) in [7, 11) is -3.59. The maximum absolute atomic E-state index is 12.7. The van der Waals surface area contributed by atoms with Crippen molar-refractivity contribution in [2.75, 3.05) is 24.6 Å². The van der Waals surface area contributed by atoms with Gasteiger partial charge in [0.05, 0.1) is 11.7 Å². The summed E-state index contributed by atoms with van der Waals surface area (Å²) >= 11 is 1.74. The van der Waals surface area contributed by atoms with Crippen LogP contribution in [0.25, 0.3) is 5.69 Å². The predicted molar refractivity (Wildman–Crippen MR) is 114 cm³/mol. The van der Waals surface area contributed by atoms with E-state index >= 15 is 0 Å². The number of hydrogen-bond donors (Lipinski definition) is 2. The average Bonchev–Trinajstić information content (AvgIpc) is 3.47. The largest absolute Gasteiger partial charge is 0.356 e. The number of aromatic amines is 1. The Balaban J connectivity index is 1.42. The molecule has 1 fully saturated rings. The van der Waals surface area contributed by atoms with Gasteiger partial charge >= 0.3 is 0 Å². The first-order chi connectivity index (χ1) is 14.4. The Hall–Kier alpha value is -2.63. The summed E-state index contributed by atoms with van der Waals surface area (Å²) in [5.74, 6) is 1.20. The highest BCUT2D eigenvalue weighted by molar-refractivity contribution is 7.99. The molecule has 1 aliphatic heterocycles. The van der Waals surface area contributed by atoms with Crippen molar-refractivity contribution in [3.8, 4) is 5.69 Å². The Morgan fingerprint density at radius 1 is 1.23 bits per heavy atom. The molecule has 0 radical (unpaired) electrons. The summed E-state index contributed by atoms with van der Waals surface area (Å²) < 4.78 is 28.6. The number of H-pyrrole nitrogens is 1. The van der Waals surface area contributed by atoms with Crippen LogP contribution in [-0.2, 0) is 10.0 Å². The minimum atomic E-state index is -3.59. The molecule has 2 N–H and O–H groups in total. The maximum Gasteiger partial charge on any atom is 0.268 e. The number of benzene rings is 1. The van der Waals surface area contributed by atoms with E-state index in [1.807, 2.05) is 31.2 Å². The van der Waals surface area contributed by atoms with Gasteiger partial charge in [-0.25, -0.2) is 18.1 Å². The first-order valence-electron chi connectivity index (χ1n) is 9.47. The van der Waals surface area contributed by atoms with Crippen molar-refractivity contribution in [2.45, 2.75) is 17.9 Å². The van der Waals surface area contributed by atoms with Gasteiger partial charge in [0, 0.05) is 30.8 Å². The monoisotopic (exact) mass is 446 g/mol. The molecule has 30 heavy (non-hydrogen) atoms. The number of rotatable bonds is 6. The summed E-state index contributed by atoms with van der Waals surface area (Å²) in [4.78, 5) is 19.5. The number of aromatic nitrogens is 4. The van der Waals surface area contributed by atoms with Crippen LogP contribution in [0.3, 0.4) is 0 Å². The van der Waals surface area contributed by atoms with Crippen LogP contribution < -0.4 is 5.32 Å². The molecule has 1 amide bonds. The van der Waals surface area contributed by atoms with E-state index in [1.165, 1.54) is 22.9 Å². The molecule has 158 valence electrons. The highest BCUT2D eigenvalue weighted by Crippen LogP contribution is 2.21. The second kappa shape index (κ2) is 8.62. The van der Waals surface area contributed by atoms with Crippen molar-refractivity contribution in [1.29, 1.82) is 0 Å². The van der Waals surface area contributed by atoms with Gasteiger partial charge in [-0.05, 0) is 30.7 Å². The average molecular weight is 447 g/mol. The molecule has 11 heteroatoms. The van der Waals surface area contributed by atoms with Gasteiger partial charge in [-0.1, -0.05) is 12.1 Å². The van der Waals surface area contributed by atoms with E-state index < -0.39 is 10.0 Å². The Labute approximate surface area is 178 Å². The molecule has 4 rings (SSSR count). The van der Waals surface area contributed by atoms with Gasteiger partial charge in [0.25, 0.3) is 5.91 Å². The summed E-state index contributed by atoms with van der Waals surface area (Å²) in [6, 6.07) is 8.73. The summed E-state index contributed by atoms with van der Waals surface area (Å²) in [5.41, 5.74) is 1.99. The Bertz CT molecular complexity index is 1100. The van der Waals surface area contributed by atoms with Crippen LogP contribution in [0.15, 0.2) is 54.1 Å². The molecular weight excluding hydrogens is 424 g/mol. The first-order valence-corrected chi connectivity index (χ1v) is 12.1. The number of sulfonamides is 1. The molecule has 9 nitrogen and oxygen atoms in total. The van der Waals surface area contributed by atoms with Crippen LogP contribution in [-0.4, -0.2) is 63.0 Å². The summed E-state index contributed by atoms with van der Waals surface area (Å²) in [6.07, 6.45) is 4.45. The first kappa shape index (κ1) is 20.6. The number of carbonyl (C=O) groups excluding carboxylic acids is 1. The molecule has 1 saturated heterocycles. The lowest BCUT2D eigenvalue weighted by Crippen LogP contribution is -2.37. The van der Waals surface area contributed by atoms with E-state index in [4.69, 9.17) is 0 Å². The van der Waals surface area contributed by atoms with Crippen LogP contribution in [0.5, 0.6) is 0 Å². The Kier molecular flexibility index (Phi) is 5.93. The smallest absolute Gasteiger partial charge is 0.268 e. The van der Waals surface area contributed by atoms with E-state index in [1.54, 1.807) is 22.8 Å². The van der Waals surface area contributed by atoms with E-state index in [2.05, 4.69) is 20.4 Å². The SMILES string of the molecule is CC(NC(=O)c1cc(S(=O)(=O)N2CCSCC2)c[nH]1)c1ccc(-n2cncn2)cc1. The van der Waals surface area contributed by atoms with Crippen molar-refractivity contribution in [3.05, 3.63) is 60.4 Å². The molecule has 0 bridgehead atoms. The molecule has 0 aliphatic carbocycles. The quantitative estimate of drug-likeness (QED) is 0.597. The zero-order valence-electron chi connectivity index (χ0n) is 16.4. The second-order valence-corrected chi connectivity index (χ2v) is 10.1. The highest BCUT2D eigenvalue weighted by Gasteiger charge is 2.28. The van der Waals surface area contributed by atoms with E-state index in [9.17, 15) is 13.2 Å². The lowest BCUT2D eigenvalue weighted by molar-refractivity contribution is 0.0935. The van der Waals surface area contributed by atoms with Crippen LogP contribution in [0.4, 0.5) is 0 Å². The van der Waals surface area contributed by atoms with Gasteiger partial charge in [0.2, 0.25) is 10.0 Å². The van der Waals surface area contributed by atoms with Gasteiger partial charge in [-0.3, -0.25) is 4.79 Å². The number of hydrogen-bond acceptors (Lipinski definition) is 6. The zero-order valence-corrected chi connectivity index (χ0v) is 18.0. The lowest BCUT2D eigenvalue weighted by atomic mass is 10.1. The number of nitrogens with one attached hydrogen (secondary N) is 2. The fourth-order valence-corrected chi connectivity index (χ4v) is 5.78. The van der Waals surface area contributed by atoms with Gasteiger partial charge in [0.1, 0.15) is 23.2 Å². The van der Waals surface area contributed by atoms with E-state index in [0.717, 1.165) is 22.8 Å². The molecule has 1 atom stereocenters. The minimum absolute atomic E-state index is 0.115. The van der Waals surface area contributed by atoms with Crippen LogP contribution in [0.2, 0.25) is 0 Å². The molecule has 0 saturated carbocycles. The van der Waals surface area contributed by atoms with Crippen LogP contribution in [0, 0.1) is 0 Å². The maximum atomic E-state index is 12.7. The topological polar surface area (TPSA) is 113 Å². The summed E-state index contributed by atoms with van der Waals surface area (Å²) in [6.45, 7) is 2.84. The van der Waals surface area contributed by atoms with Gasteiger partial charge in [0.15, 0.2) is 0 Å². The van der Waals surface area contributed by atoms with Crippen molar-refractivity contribution in [1.82, 2.24) is 29.4 Å². The molecule has 0 spiro atoms. The molecule has 1 aliphatic rings. The van der Waals surface area contributed by atoms with Gasteiger partial charge in [-0.2, -0.15) is 21.2 Å². The third-order valence-electron chi connectivity index (χ3n) is 4.93. The van der Waals surface area contributed by atoms with Gasteiger partial charge in [-0.15, -0.1) is 0 Å². The van der Waals surface area contributed by atoms with Crippen molar-refractivity contribution < 1.29 is 13.2 Å². The van der Waals surface area contributed by atoms with Crippen molar-refractivity contribution in [3.63, 3.8) is 0 Å². The molecule has 3 heterocycles. The number of thioether (sulfide) groups is 1. The third kappa shape index (κ3) is 4.27. The molecule has 1 aromatic carbocycles. The molecule has 3 aromatic rings. The van der Waals surface area contributed by atoms with Crippen molar-refractivity contribution in [2.24, 2.45) is 0 Å². The fraction of sp³-hybridized carbons (Fsp3) is 0.316. The minimum Gasteiger partial charge on any atom is -0.356 e. The standard InChI is InChI=1S/C19H22N6O3S2/c1-14(15-2-4-16(5-3-15)25-13-20-12-22-25)23-19(26)18-10-17(11-21-18)30(27,28)24-6-8-29-9-7-24/h2-5,10-14,21H,6-9H2,1H3,(H,23,26). The lowest BCUT2D eigenvalue weighted by Gasteiger charge is -2.24. The summed E-state index contributed by atoms with van der Waals surface area (Å²) in [5, 5.41) is 6.98. The fourth-order valence-electron chi connectivity index (χ4n) is 3.21. The highest BCUT2D eigenvalue weighted by atomic mass is 32.2. The van der Waals surface area contributed by atoms with Gasteiger partial charge < -0.3 is 10.3 Å². The van der Waals surface area contributed by atoms with Crippen molar-refractivity contribution >= 4 is 27.7 Å². The third-order valence-corrected chi connectivity index (χ3v) is 7.75. The number of amides is 1. The molecule has 2 aromatic heterocycles. The van der Waals surface area contributed by atoms with Crippen LogP contribution >= 0.6 is 11.8 Å². The molecule has 1 unspecified atom stereocenters. The Morgan fingerprint density at radius 2 is 1.97 bits per heavy atom. The molecular formula is C19H22N6O3S2. The van der Waals surface area contributed by atoms with Crippen LogP contribution in [0.1, 0.15) is 29.0 Å². The van der Waals surface area contributed by atoms with E-state index in [0.29, 0.717) is 13.1 Å². The zero-order chi connectivity index (χ0) is 21.1. The predicted octanol–water partition coefficient (Wildman–Crippen LogP) is 1.82. The Morgan fingerprint density at radius 3 is 2.63 bits per heavy atom. The second-order valence-electron chi connectivity index (χ2n) is 6.89. The van der Waals surface area contributed by atoms with E-state index in [-0.39, 0.29) is 22.5 Å². The number of nitrogens with zero attached hydrogens (tertiary/aromatic N) is 4.